The molecule has 1 aliphatic heterocycles. The second-order valence-electron chi connectivity index (χ2n) is 5.57. The molecule has 0 saturated carbocycles. The van der Waals surface area contributed by atoms with E-state index in [2.05, 4.69) is 27.1 Å². The van der Waals surface area contributed by atoms with Crippen LogP contribution < -0.4 is 5.32 Å². The lowest BCUT2D eigenvalue weighted by Gasteiger charge is -2.31. The summed E-state index contributed by atoms with van der Waals surface area (Å²) in [7, 11) is 1.90. The highest BCUT2D eigenvalue weighted by Crippen LogP contribution is 2.22. The molecule has 0 amide bonds. The van der Waals surface area contributed by atoms with Gasteiger partial charge < -0.3 is 5.32 Å². The largest absolute Gasteiger partial charge is 0.373 e. The molecule has 4 nitrogen and oxygen atoms in total. The van der Waals surface area contributed by atoms with Crippen molar-refractivity contribution in [1.29, 1.82) is 0 Å². The molecule has 1 fully saturated rings. The van der Waals surface area contributed by atoms with E-state index < -0.39 is 0 Å². The Morgan fingerprint density at radius 2 is 2.05 bits per heavy atom. The Bertz CT molecular complexity index is 397. The highest BCUT2D eigenvalue weighted by atomic mass is 15.2. The van der Waals surface area contributed by atoms with Crippen molar-refractivity contribution >= 4 is 5.82 Å². The van der Waals surface area contributed by atoms with Crippen LogP contribution in [-0.2, 0) is 6.54 Å². The minimum absolute atomic E-state index is 0.884. The van der Waals surface area contributed by atoms with Crippen molar-refractivity contribution < 1.29 is 0 Å². The van der Waals surface area contributed by atoms with E-state index in [4.69, 9.17) is 0 Å². The number of anilines is 1. The average Bonchev–Trinajstić information content (AvgIpc) is 2.40. The first kappa shape index (κ1) is 14.3. The second kappa shape index (κ2) is 6.85. The van der Waals surface area contributed by atoms with E-state index in [1.807, 2.05) is 20.0 Å². The van der Waals surface area contributed by atoms with Crippen LogP contribution in [0.2, 0.25) is 0 Å². The number of likely N-dealkylation sites (tertiary alicyclic amines) is 1. The maximum atomic E-state index is 4.54. The van der Waals surface area contributed by atoms with Crippen LogP contribution in [0.3, 0.4) is 0 Å². The van der Waals surface area contributed by atoms with Crippen LogP contribution in [0.5, 0.6) is 0 Å². The van der Waals surface area contributed by atoms with Gasteiger partial charge in [-0.3, -0.25) is 4.90 Å². The molecule has 0 unspecified atom stereocenters. The number of nitrogens with one attached hydrogen (secondary N) is 1. The molecular weight excluding hydrogens is 236 g/mol. The normalized spacial score (nSPS) is 17.6. The predicted octanol–water partition coefficient (Wildman–Crippen LogP) is 2.84. The Morgan fingerprint density at radius 1 is 1.32 bits per heavy atom. The van der Waals surface area contributed by atoms with Gasteiger partial charge in [0.1, 0.15) is 11.6 Å². The molecule has 0 spiro atoms. The minimum Gasteiger partial charge on any atom is -0.373 e. The van der Waals surface area contributed by atoms with Crippen LogP contribution in [0.25, 0.3) is 0 Å². The number of hydrogen-bond acceptors (Lipinski definition) is 4. The van der Waals surface area contributed by atoms with Gasteiger partial charge in [0.05, 0.1) is 6.54 Å². The lowest BCUT2D eigenvalue weighted by molar-refractivity contribution is 0.168. The van der Waals surface area contributed by atoms with Gasteiger partial charge in [-0.05, 0) is 38.8 Å². The van der Waals surface area contributed by atoms with Crippen molar-refractivity contribution in [2.45, 2.75) is 46.1 Å². The molecule has 0 aromatic carbocycles. The number of piperidine rings is 1. The van der Waals surface area contributed by atoms with Crippen molar-refractivity contribution in [3.63, 3.8) is 0 Å². The van der Waals surface area contributed by atoms with Gasteiger partial charge in [-0.2, -0.15) is 0 Å². The first-order valence-electron chi connectivity index (χ1n) is 7.46. The lowest BCUT2D eigenvalue weighted by atomic mass is 9.92. The topological polar surface area (TPSA) is 41.1 Å². The number of aromatic nitrogens is 2. The fourth-order valence-electron chi connectivity index (χ4n) is 2.87. The van der Waals surface area contributed by atoms with Gasteiger partial charge in [0, 0.05) is 18.8 Å². The summed E-state index contributed by atoms with van der Waals surface area (Å²) in [4.78, 5) is 11.6. The molecule has 0 radical (unpaired) electrons. The Labute approximate surface area is 116 Å². The van der Waals surface area contributed by atoms with E-state index in [0.29, 0.717) is 0 Å². The third kappa shape index (κ3) is 4.16. The van der Waals surface area contributed by atoms with Gasteiger partial charge in [-0.1, -0.05) is 19.8 Å². The highest BCUT2D eigenvalue weighted by molar-refractivity contribution is 5.34. The molecule has 2 rings (SSSR count). The van der Waals surface area contributed by atoms with Crippen molar-refractivity contribution in [2.24, 2.45) is 5.92 Å². The quantitative estimate of drug-likeness (QED) is 0.886. The van der Waals surface area contributed by atoms with Crippen molar-refractivity contribution in [3.05, 3.63) is 17.6 Å². The minimum atomic E-state index is 0.884. The molecule has 1 N–H and O–H groups in total. The van der Waals surface area contributed by atoms with Crippen molar-refractivity contribution in [2.75, 3.05) is 25.5 Å². The Morgan fingerprint density at radius 3 is 2.68 bits per heavy atom. The predicted molar refractivity (Wildman–Crippen MR) is 79.2 cm³/mol. The monoisotopic (exact) mass is 262 g/mol. The second-order valence-corrected chi connectivity index (χ2v) is 5.57. The summed E-state index contributed by atoms with van der Waals surface area (Å²) in [6.07, 6.45) is 5.37. The number of aryl methyl sites for hydroxylation is 1. The van der Waals surface area contributed by atoms with Crippen LogP contribution in [0.15, 0.2) is 6.07 Å². The SMILES string of the molecule is CCCC1CCN(Cc2nc(C)cc(NC)n2)CC1. The zero-order chi connectivity index (χ0) is 13.7. The molecule has 1 aromatic heterocycles. The van der Waals surface area contributed by atoms with Gasteiger partial charge in [0.25, 0.3) is 0 Å². The smallest absolute Gasteiger partial charge is 0.144 e. The molecule has 106 valence electrons. The van der Waals surface area contributed by atoms with Crippen LogP contribution in [0, 0.1) is 12.8 Å². The zero-order valence-corrected chi connectivity index (χ0v) is 12.4. The van der Waals surface area contributed by atoms with E-state index in [-0.39, 0.29) is 0 Å². The fourth-order valence-corrected chi connectivity index (χ4v) is 2.87. The molecule has 4 heteroatoms. The van der Waals surface area contributed by atoms with Crippen LogP contribution in [0.1, 0.15) is 44.1 Å². The van der Waals surface area contributed by atoms with Gasteiger partial charge >= 0.3 is 0 Å². The average molecular weight is 262 g/mol. The van der Waals surface area contributed by atoms with E-state index in [9.17, 15) is 0 Å². The fraction of sp³-hybridized carbons (Fsp3) is 0.733. The van der Waals surface area contributed by atoms with Crippen molar-refractivity contribution in [3.8, 4) is 0 Å². The molecular formula is C15H26N4. The van der Waals surface area contributed by atoms with Gasteiger partial charge in [-0.25, -0.2) is 9.97 Å². The maximum absolute atomic E-state index is 4.54. The first-order valence-corrected chi connectivity index (χ1v) is 7.46. The zero-order valence-electron chi connectivity index (χ0n) is 12.4. The molecule has 0 atom stereocenters. The van der Waals surface area contributed by atoms with E-state index >= 15 is 0 Å². The van der Waals surface area contributed by atoms with Gasteiger partial charge in [0.2, 0.25) is 0 Å². The Balaban J connectivity index is 1.90. The molecule has 1 aliphatic rings. The van der Waals surface area contributed by atoms with Crippen LogP contribution in [0.4, 0.5) is 5.82 Å². The standard InChI is InChI=1S/C15H26N4/c1-4-5-13-6-8-19(9-7-13)11-15-17-12(2)10-14(16-3)18-15/h10,13H,4-9,11H2,1-3H3,(H,16,17,18). The lowest BCUT2D eigenvalue weighted by Crippen LogP contribution is -2.33. The summed E-state index contributed by atoms with van der Waals surface area (Å²) in [6, 6.07) is 1.98. The number of hydrogen-bond donors (Lipinski definition) is 1. The van der Waals surface area contributed by atoms with Crippen LogP contribution >= 0.6 is 0 Å². The molecule has 1 saturated heterocycles. The molecule has 0 bridgehead atoms. The summed E-state index contributed by atoms with van der Waals surface area (Å²) in [5.74, 6) is 2.80. The summed E-state index contributed by atoms with van der Waals surface area (Å²) >= 11 is 0. The molecule has 0 aliphatic carbocycles. The van der Waals surface area contributed by atoms with Crippen molar-refractivity contribution in [1.82, 2.24) is 14.9 Å². The van der Waals surface area contributed by atoms with Gasteiger partial charge in [-0.15, -0.1) is 0 Å². The number of rotatable bonds is 5. The van der Waals surface area contributed by atoms with Crippen LogP contribution in [-0.4, -0.2) is 35.0 Å². The molecule has 19 heavy (non-hydrogen) atoms. The molecule has 1 aromatic rings. The number of nitrogens with zero attached hydrogens (tertiary/aromatic N) is 3. The maximum Gasteiger partial charge on any atom is 0.144 e. The first-order chi connectivity index (χ1) is 9.21. The molecule has 2 heterocycles. The van der Waals surface area contributed by atoms with Gasteiger partial charge in [0.15, 0.2) is 0 Å². The van der Waals surface area contributed by atoms with E-state index in [0.717, 1.165) is 29.8 Å². The summed E-state index contributed by atoms with van der Waals surface area (Å²) in [5, 5.41) is 3.10. The third-order valence-corrected chi connectivity index (χ3v) is 3.93. The van der Waals surface area contributed by atoms with E-state index in [1.54, 1.807) is 0 Å². The highest BCUT2D eigenvalue weighted by Gasteiger charge is 2.19. The summed E-state index contributed by atoms with van der Waals surface area (Å²) in [6.45, 7) is 7.58. The summed E-state index contributed by atoms with van der Waals surface area (Å²) < 4.78 is 0. The Hall–Kier alpha value is -1.16. The summed E-state index contributed by atoms with van der Waals surface area (Å²) in [5.41, 5.74) is 1.04. The van der Waals surface area contributed by atoms with E-state index in [1.165, 1.54) is 38.8 Å². The third-order valence-electron chi connectivity index (χ3n) is 3.93. The Kier molecular flexibility index (Phi) is 5.14.